The summed E-state index contributed by atoms with van der Waals surface area (Å²) < 4.78 is 5.26. The summed E-state index contributed by atoms with van der Waals surface area (Å²) in [6.07, 6.45) is 0. The minimum Gasteiger partial charge on any atom is -0.496 e. The number of aryl methyl sites for hydroxylation is 1. The Hall–Kier alpha value is -2.82. The van der Waals surface area contributed by atoms with Crippen LogP contribution in [0.2, 0.25) is 0 Å². The van der Waals surface area contributed by atoms with E-state index in [4.69, 9.17) is 9.84 Å². The maximum atomic E-state index is 11.5. The number of ether oxygens (including phenoxy) is 1. The van der Waals surface area contributed by atoms with Crippen molar-refractivity contribution in [2.24, 2.45) is 0 Å². The van der Waals surface area contributed by atoms with Crippen LogP contribution in [-0.4, -0.2) is 29.3 Å². The van der Waals surface area contributed by atoms with Gasteiger partial charge in [0.1, 0.15) is 5.75 Å². The molecule has 5 heteroatoms. The molecule has 21 heavy (non-hydrogen) atoms. The van der Waals surface area contributed by atoms with E-state index in [0.717, 1.165) is 0 Å². The zero-order valence-corrected chi connectivity index (χ0v) is 11.6. The molecule has 0 atom stereocenters. The lowest BCUT2D eigenvalue weighted by Crippen LogP contribution is -2.07. The first-order valence-corrected chi connectivity index (χ1v) is 6.20. The van der Waals surface area contributed by atoms with E-state index in [0.29, 0.717) is 22.4 Å². The van der Waals surface area contributed by atoms with Crippen molar-refractivity contribution in [3.8, 4) is 16.9 Å². The second kappa shape index (κ2) is 5.66. The number of para-hydroxylation sites is 1. The molecule has 0 saturated carbocycles. The molecule has 0 amide bonds. The number of aromatic carboxylic acids is 2. The number of benzene rings is 2. The average Bonchev–Trinajstić information content (AvgIpc) is 2.46. The molecule has 0 bridgehead atoms. The smallest absolute Gasteiger partial charge is 0.336 e. The molecule has 5 nitrogen and oxygen atoms in total. The third kappa shape index (κ3) is 2.72. The van der Waals surface area contributed by atoms with E-state index in [2.05, 4.69) is 0 Å². The fourth-order valence-electron chi connectivity index (χ4n) is 2.29. The van der Waals surface area contributed by atoms with Crippen LogP contribution in [0.3, 0.4) is 0 Å². The molecule has 0 aromatic heterocycles. The molecule has 0 spiro atoms. The van der Waals surface area contributed by atoms with Gasteiger partial charge in [0.2, 0.25) is 0 Å². The minimum atomic E-state index is -1.18. The highest BCUT2D eigenvalue weighted by Gasteiger charge is 2.20. The van der Waals surface area contributed by atoms with Gasteiger partial charge >= 0.3 is 11.9 Å². The van der Waals surface area contributed by atoms with E-state index in [9.17, 15) is 14.7 Å². The summed E-state index contributed by atoms with van der Waals surface area (Å²) in [5.41, 5.74) is 1.54. The molecule has 0 aliphatic rings. The van der Waals surface area contributed by atoms with E-state index in [1.807, 2.05) is 0 Å². The summed E-state index contributed by atoms with van der Waals surface area (Å²) in [4.78, 5) is 22.6. The second-order valence-corrected chi connectivity index (χ2v) is 4.53. The van der Waals surface area contributed by atoms with Gasteiger partial charge in [-0.3, -0.25) is 0 Å². The molecule has 0 radical (unpaired) electrons. The van der Waals surface area contributed by atoms with Gasteiger partial charge in [0.15, 0.2) is 0 Å². The Labute approximate surface area is 121 Å². The fraction of sp³-hybridized carbons (Fsp3) is 0.125. The zero-order chi connectivity index (χ0) is 15.6. The van der Waals surface area contributed by atoms with Gasteiger partial charge in [-0.05, 0) is 30.7 Å². The van der Waals surface area contributed by atoms with Gasteiger partial charge < -0.3 is 14.9 Å². The van der Waals surface area contributed by atoms with Gasteiger partial charge in [-0.1, -0.05) is 18.2 Å². The SMILES string of the molecule is COc1ccccc1-c1c(C)cc(C(=O)O)cc1C(=O)O. The van der Waals surface area contributed by atoms with Crippen LogP contribution in [-0.2, 0) is 0 Å². The Balaban J connectivity index is 2.79. The number of carbonyl (C=O) groups is 2. The first kappa shape index (κ1) is 14.6. The Bertz CT molecular complexity index is 719. The monoisotopic (exact) mass is 286 g/mol. The molecule has 0 heterocycles. The molecular weight excluding hydrogens is 272 g/mol. The predicted octanol–water partition coefficient (Wildman–Crippen LogP) is 3.07. The number of carboxylic acids is 2. The summed E-state index contributed by atoms with van der Waals surface area (Å²) in [7, 11) is 1.50. The van der Waals surface area contributed by atoms with Gasteiger partial charge in [0.05, 0.1) is 18.2 Å². The van der Waals surface area contributed by atoms with Crippen LogP contribution < -0.4 is 4.74 Å². The van der Waals surface area contributed by atoms with Crippen LogP contribution in [0.25, 0.3) is 11.1 Å². The molecule has 2 N–H and O–H groups in total. The maximum Gasteiger partial charge on any atom is 0.336 e. The Morgan fingerprint density at radius 3 is 2.29 bits per heavy atom. The highest BCUT2D eigenvalue weighted by atomic mass is 16.5. The van der Waals surface area contributed by atoms with Gasteiger partial charge in [0, 0.05) is 11.1 Å². The lowest BCUT2D eigenvalue weighted by molar-refractivity contribution is 0.0696. The quantitative estimate of drug-likeness (QED) is 0.902. The molecule has 2 aromatic carbocycles. The van der Waals surface area contributed by atoms with Crippen LogP contribution in [0.5, 0.6) is 5.75 Å². The molecular formula is C16H14O5. The van der Waals surface area contributed by atoms with E-state index in [1.165, 1.54) is 19.2 Å². The first-order valence-electron chi connectivity index (χ1n) is 6.20. The van der Waals surface area contributed by atoms with Crippen molar-refractivity contribution < 1.29 is 24.5 Å². The van der Waals surface area contributed by atoms with Gasteiger partial charge in [-0.2, -0.15) is 0 Å². The summed E-state index contributed by atoms with van der Waals surface area (Å²) >= 11 is 0. The average molecular weight is 286 g/mol. The molecule has 2 aromatic rings. The normalized spacial score (nSPS) is 10.2. The Morgan fingerprint density at radius 1 is 1.05 bits per heavy atom. The van der Waals surface area contributed by atoms with Crippen molar-refractivity contribution in [1.29, 1.82) is 0 Å². The highest BCUT2D eigenvalue weighted by molar-refractivity contribution is 6.01. The zero-order valence-electron chi connectivity index (χ0n) is 11.6. The maximum absolute atomic E-state index is 11.5. The third-order valence-electron chi connectivity index (χ3n) is 3.19. The number of hydrogen-bond acceptors (Lipinski definition) is 3. The molecule has 0 unspecified atom stereocenters. The lowest BCUT2D eigenvalue weighted by Gasteiger charge is -2.14. The van der Waals surface area contributed by atoms with Crippen LogP contribution in [0.15, 0.2) is 36.4 Å². The van der Waals surface area contributed by atoms with E-state index < -0.39 is 11.9 Å². The van der Waals surface area contributed by atoms with Crippen molar-refractivity contribution in [2.45, 2.75) is 6.92 Å². The van der Waals surface area contributed by atoms with Crippen molar-refractivity contribution in [3.05, 3.63) is 53.1 Å². The molecule has 0 aliphatic carbocycles. The van der Waals surface area contributed by atoms with Gasteiger partial charge in [0.25, 0.3) is 0 Å². The summed E-state index contributed by atoms with van der Waals surface area (Å²) in [6, 6.07) is 9.65. The highest BCUT2D eigenvalue weighted by Crippen LogP contribution is 2.35. The van der Waals surface area contributed by atoms with Crippen molar-refractivity contribution in [3.63, 3.8) is 0 Å². The van der Waals surface area contributed by atoms with E-state index >= 15 is 0 Å². The van der Waals surface area contributed by atoms with Gasteiger partial charge in [-0.15, -0.1) is 0 Å². The number of carboxylic acid groups (broad SMARTS) is 2. The predicted molar refractivity (Wildman–Crippen MR) is 77.1 cm³/mol. The van der Waals surface area contributed by atoms with E-state index in [1.54, 1.807) is 31.2 Å². The minimum absolute atomic E-state index is 0.0523. The van der Waals surface area contributed by atoms with E-state index in [-0.39, 0.29) is 11.1 Å². The van der Waals surface area contributed by atoms with Crippen molar-refractivity contribution >= 4 is 11.9 Å². The molecule has 0 aliphatic heterocycles. The standard InChI is InChI=1S/C16H14O5/c1-9-7-10(15(17)18)8-12(16(19)20)14(9)11-5-3-4-6-13(11)21-2/h3-8H,1-2H3,(H,17,18)(H,19,20). The number of rotatable bonds is 4. The summed E-state index contributed by atoms with van der Waals surface area (Å²) in [5.74, 6) is -1.81. The number of hydrogen-bond donors (Lipinski definition) is 2. The third-order valence-corrected chi connectivity index (χ3v) is 3.19. The molecule has 108 valence electrons. The first-order chi connectivity index (χ1) is 9.95. The lowest BCUT2D eigenvalue weighted by atomic mass is 9.92. The molecule has 2 rings (SSSR count). The van der Waals surface area contributed by atoms with Crippen LogP contribution in [0.4, 0.5) is 0 Å². The van der Waals surface area contributed by atoms with Gasteiger partial charge in [-0.25, -0.2) is 9.59 Å². The van der Waals surface area contributed by atoms with Crippen molar-refractivity contribution in [1.82, 2.24) is 0 Å². The molecule has 0 fully saturated rings. The van der Waals surface area contributed by atoms with Crippen LogP contribution >= 0.6 is 0 Å². The summed E-state index contributed by atoms with van der Waals surface area (Å²) in [6.45, 7) is 1.68. The second-order valence-electron chi connectivity index (χ2n) is 4.53. The Kier molecular flexibility index (Phi) is 3.93. The van der Waals surface area contributed by atoms with Crippen molar-refractivity contribution in [2.75, 3.05) is 7.11 Å². The Morgan fingerprint density at radius 2 is 1.71 bits per heavy atom. The molecule has 0 saturated heterocycles. The van der Waals surface area contributed by atoms with Crippen LogP contribution in [0.1, 0.15) is 26.3 Å². The van der Waals surface area contributed by atoms with Crippen LogP contribution in [0, 0.1) is 6.92 Å². The number of methoxy groups -OCH3 is 1. The largest absolute Gasteiger partial charge is 0.496 e. The fourth-order valence-corrected chi connectivity index (χ4v) is 2.29. The summed E-state index contributed by atoms with van der Waals surface area (Å²) in [5, 5.41) is 18.4. The topological polar surface area (TPSA) is 83.8 Å².